The number of fused-ring (bicyclic) bond motifs is 3. The zero-order chi connectivity index (χ0) is 22.9. The summed E-state index contributed by atoms with van der Waals surface area (Å²) >= 11 is 0. The van der Waals surface area contributed by atoms with Crippen molar-refractivity contribution >= 4 is 22.6 Å². The van der Waals surface area contributed by atoms with Gasteiger partial charge in [-0.05, 0) is 49.1 Å². The molecule has 2 saturated heterocycles. The number of anilines is 1. The largest absolute Gasteiger partial charge is 0.364 e. The van der Waals surface area contributed by atoms with Crippen molar-refractivity contribution in [3.05, 3.63) is 66.0 Å². The molecule has 4 heterocycles. The number of carbonyl (C=O) groups excluding carboxylic acids is 1. The number of nitriles is 1. The minimum Gasteiger partial charge on any atom is -0.364 e. The Balaban J connectivity index is 1.25. The molecule has 168 valence electrons. The van der Waals surface area contributed by atoms with Crippen LogP contribution in [0.5, 0.6) is 0 Å². The van der Waals surface area contributed by atoms with Crippen LogP contribution in [0.3, 0.4) is 0 Å². The highest BCUT2D eigenvalue weighted by Gasteiger charge is 2.46. The van der Waals surface area contributed by atoms with Crippen molar-refractivity contribution in [3.63, 3.8) is 0 Å². The van der Waals surface area contributed by atoms with Crippen LogP contribution in [0.15, 0.2) is 54.9 Å². The van der Waals surface area contributed by atoms with E-state index < -0.39 is 0 Å². The lowest BCUT2D eigenvalue weighted by Crippen LogP contribution is -2.57. The topological polar surface area (TPSA) is 82.4 Å². The Bertz CT molecular complexity index is 1200. The third kappa shape index (κ3) is 4.03. The van der Waals surface area contributed by atoms with Crippen LogP contribution in [0.4, 0.5) is 5.82 Å². The Labute approximate surface area is 193 Å². The van der Waals surface area contributed by atoms with E-state index in [1.807, 2.05) is 54.3 Å². The van der Waals surface area contributed by atoms with Gasteiger partial charge >= 0.3 is 0 Å². The van der Waals surface area contributed by atoms with E-state index in [0.29, 0.717) is 24.6 Å². The van der Waals surface area contributed by atoms with E-state index in [-0.39, 0.29) is 30.7 Å². The van der Waals surface area contributed by atoms with E-state index in [0.717, 1.165) is 28.7 Å². The average Bonchev–Trinajstić information content (AvgIpc) is 3.05. The highest BCUT2D eigenvalue weighted by molar-refractivity contribution is 5.82. The number of piperazine rings is 1. The second-order valence-corrected chi connectivity index (χ2v) is 9.03. The number of carbonyl (C=O) groups is 1. The van der Waals surface area contributed by atoms with E-state index in [1.54, 1.807) is 12.4 Å². The predicted octanol–water partition coefficient (Wildman–Crippen LogP) is 3.70. The molecule has 0 aliphatic carbocycles. The van der Waals surface area contributed by atoms with Crippen LogP contribution in [-0.2, 0) is 9.53 Å². The molecule has 0 radical (unpaired) electrons. The first-order valence-electron chi connectivity index (χ1n) is 11.4. The minimum absolute atomic E-state index is 0.0248. The molecule has 2 aromatic heterocycles. The number of amides is 1. The van der Waals surface area contributed by atoms with Crippen molar-refractivity contribution < 1.29 is 9.53 Å². The Morgan fingerprint density at radius 1 is 1.21 bits per heavy atom. The van der Waals surface area contributed by atoms with Gasteiger partial charge in [0, 0.05) is 36.9 Å². The van der Waals surface area contributed by atoms with Gasteiger partial charge in [-0.1, -0.05) is 25.1 Å². The lowest BCUT2D eigenvalue weighted by atomic mass is 10.0. The number of hydrogen-bond acceptors (Lipinski definition) is 6. The summed E-state index contributed by atoms with van der Waals surface area (Å²) in [6.07, 6.45) is 4.22. The van der Waals surface area contributed by atoms with Crippen molar-refractivity contribution in [2.45, 2.75) is 38.5 Å². The number of benzene rings is 1. The number of likely N-dealkylation sites (tertiary alicyclic amines) is 1. The van der Waals surface area contributed by atoms with Gasteiger partial charge in [-0.25, -0.2) is 4.98 Å². The molecular weight excluding hydrogens is 414 g/mol. The van der Waals surface area contributed by atoms with E-state index in [2.05, 4.69) is 27.9 Å². The molecule has 0 N–H and O–H groups in total. The molecule has 2 bridgehead atoms. The van der Waals surface area contributed by atoms with Gasteiger partial charge in [0.25, 0.3) is 0 Å². The molecule has 5 rings (SSSR count). The molecule has 2 aliphatic rings. The van der Waals surface area contributed by atoms with Gasteiger partial charge in [0.1, 0.15) is 18.5 Å². The van der Waals surface area contributed by atoms with Gasteiger partial charge in [-0.3, -0.25) is 9.78 Å². The number of rotatable bonds is 5. The number of ether oxygens (including phenoxy) is 1. The number of nitrogens with zero attached hydrogens (tertiary/aromatic N) is 5. The quantitative estimate of drug-likeness (QED) is 0.600. The van der Waals surface area contributed by atoms with Gasteiger partial charge in [-0.15, -0.1) is 0 Å². The van der Waals surface area contributed by atoms with Crippen molar-refractivity contribution in [1.82, 2.24) is 14.9 Å². The van der Waals surface area contributed by atoms with Gasteiger partial charge < -0.3 is 14.5 Å². The molecule has 2 fully saturated rings. The summed E-state index contributed by atoms with van der Waals surface area (Å²) in [4.78, 5) is 26.3. The molecule has 4 atom stereocenters. The maximum atomic E-state index is 13.1. The standard InChI is InChI=1S/C26H27N5O2/c1-17-11-20-14-30(15-24(17)31(20)25-9-8-19(12-27)13-29-25)26(32)16-33-18(2)21-5-3-7-23-22(21)6-4-10-28-23/h3-10,13,17-18,20,24H,11,14-16H2,1-2H3/t17-,18?,20?,24?/m1/s1. The Hall–Kier alpha value is -3.50. The van der Waals surface area contributed by atoms with E-state index in [1.165, 1.54) is 0 Å². The van der Waals surface area contributed by atoms with Crippen molar-refractivity contribution in [3.8, 4) is 6.07 Å². The molecule has 1 aromatic carbocycles. The Morgan fingerprint density at radius 3 is 2.85 bits per heavy atom. The fourth-order valence-electron chi connectivity index (χ4n) is 5.25. The van der Waals surface area contributed by atoms with Crippen LogP contribution in [0.2, 0.25) is 0 Å². The molecule has 7 nitrogen and oxygen atoms in total. The van der Waals surface area contributed by atoms with E-state index in [9.17, 15) is 4.79 Å². The fourth-order valence-corrected chi connectivity index (χ4v) is 5.25. The minimum atomic E-state index is -0.207. The lowest BCUT2D eigenvalue weighted by molar-refractivity contribution is -0.139. The zero-order valence-electron chi connectivity index (χ0n) is 18.9. The second-order valence-electron chi connectivity index (χ2n) is 9.03. The summed E-state index contributed by atoms with van der Waals surface area (Å²) in [7, 11) is 0. The lowest BCUT2D eigenvalue weighted by Gasteiger charge is -2.42. The van der Waals surface area contributed by atoms with Crippen molar-refractivity contribution in [2.75, 3.05) is 24.6 Å². The third-order valence-corrected chi connectivity index (χ3v) is 6.96. The molecule has 1 amide bonds. The van der Waals surface area contributed by atoms with Crippen LogP contribution in [0.1, 0.15) is 37.5 Å². The van der Waals surface area contributed by atoms with Gasteiger partial charge in [0.15, 0.2) is 0 Å². The molecule has 3 unspecified atom stereocenters. The summed E-state index contributed by atoms with van der Waals surface area (Å²) < 4.78 is 6.03. The van der Waals surface area contributed by atoms with Crippen LogP contribution in [0, 0.1) is 17.2 Å². The summed E-state index contributed by atoms with van der Waals surface area (Å²) in [5, 5.41) is 10.1. The van der Waals surface area contributed by atoms with Gasteiger partial charge in [-0.2, -0.15) is 5.26 Å². The first kappa shape index (κ1) is 21.4. The van der Waals surface area contributed by atoms with Gasteiger partial charge in [0.2, 0.25) is 5.91 Å². The molecule has 33 heavy (non-hydrogen) atoms. The number of hydrogen-bond donors (Lipinski definition) is 0. The average molecular weight is 442 g/mol. The van der Waals surface area contributed by atoms with E-state index in [4.69, 9.17) is 10.00 Å². The number of aromatic nitrogens is 2. The van der Waals surface area contributed by atoms with Crippen LogP contribution in [-0.4, -0.2) is 52.6 Å². The Morgan fingerprint density at radius 2 is 2.09 bits per heavy atom. The maximum Gasteiger partial charge on any atom is 0.248 e. The van der Waals surface area contributed by atoms with Crippen molar-refractivity contribution in [2.24, 2.45) is 5.92 Å². The van der Waals surface area contributed by atoms with Crippen molar-refractivity contribution in [1.29, 1.82) is 5.26 Å². The fraction of sp³-hybridized carbons (Fsp3) is 0.385. The monoisotopic (exact) mass is 441 g/mol. The smallest absolute Gasteiger partial charge is 0.248 e. The second kappa shape index (κ2) is 8.80. The Kier molecular flexibility index (Phi) is 5.69. The molecular formula is C26H27N5O2. The van der Waals surface area contributed by atoms with Crippen LogP contribution >= 0.6 is 0 Å². The molecule has 3 aromatic rings. The summed E-state index contributed by atoms with van der Waals surface area (Å²) in [5.41, 5.74) is 2.52. The van der Waals surface area contributed by atoms with Gasteiger partial charge in [0.05, 0.1) is 23.2 Å². The summed E-state index contributed by atoms with van der Waals surface area (Å²) in [6.45, 7) is 5.60. The molecule has 2 aliphatic heterocycles. The van der Waals surface area contributed by atoms with E-state index >= 15 is 0 Å². The first-order chi connectivity index (χ1) is 16.0. The van der Waals surface area contributed by atoms with Crippen LogP contribution in [0.25, 0.3) is 10.9 Å². The predicted molar refractivity (Wildman–Crippen MR) is 125 cm³/mol. The highest BCUT2D eigenvalue weighted by atomic mass is 16.5. The molecule has 0 spiro atoms. The third-order valence-electron chi connectivity index (χ3n) is 6.96. The normalized spacial score (nSPS) is 22.9. The zero-order valence-corrected chi connectivity index (χ0v) is 18.9. The highest BCUT2D eigenvalue weighted by Crippen LogP contribution is 2.37. The van der Waals surface area contributed by atoms with Crippen LogP contribution < -0.4 is 4.90 Å². The number of pyridine rings is 2. The first-order valence-corrected chi connectivity index (χ1v) is 11.4. The SMILES string of the molecule is CC(OCC(=O)N1CC2C[C@@H](C)C(C1)N2c1ccc(C#N)cn1)c1cccc2ncccc12. The molecule has 0 saturated carbocycles. The summed E-state index contributed by atoms with van der Waals surface area (Å²) in [5.74, 6) is 1.37. The molecule has 7 heteroatoms. The summed E-state index contributed by atoms with van der Waals surface area (Å²) in [6, 6.07) is 16.2. The maximum absolute atomic E-state index is 13.1.